The number of thioether (sulfide) groups is 3. The van der Waals surface area contributed by atoms with Crippen LogP contribution in [0.1, 0.15) is 0 Å². The largest absolute Gasteiger partial charge is 0.477 e. The summed E-state index contributed by atoms with van der Waals surface area (Å²) < 4.78 is 0.205. The number of nitrogens with two attached hydrogens (primary N) is 1. The second-order valence-electron chi connectivity index (χ2n) is 6.18. The van der Waals surface area contributed by atoms with Crippen LogP contribution in [0.15, 0.2) is 34.4 Å². The van der Waals surface area contributed by atoms with Crippen LogP contribution in [0.25, 0.3) is 0 Å². The predicted octanol–water partition coefficient (Wildman–Crippen LogP) is 2.80. The number of carbonyl (C=O) groups is 3. The topological polar surface area (TPSA) is 113 Å². The first-order valence-corrected chi connectivity index (χ1v) is 12.6. The van der Waals surface area contributed by atoms with Crippen LogP contribution in [0.5, 0.6) is 0 Å². The van der Waals surface area contributed by atoms with E-state index in [1.165, 1.54) is 28.4 Å². The lowest BCUT2D eigenvalue weighted by Gasteiger charge is -2.49. The number of nitrogens with one attached hydrogen (secondary N) is 1. The first-order valence-electron chi connectivity index (χ1n) is 8.38. The van der Waals surface area contributed by atoms with Gasteiger partial charge in [0.1, 0.15) is 21.4 Å². The van der Waals surface area contributed by atoms with Gasteiger partial charge in [-0.3, -0.25) is 14.5 Å². The van der Waals surface area contributed by atoms with E-state index in [4.69, 9.17) is 41.2 Å². The zero-order chi connectivity index (χ0) is 22.0. The number of halogens is 2. The zero-order valence-electron chi connectivity index (χ0n) is 15.1. The fourth-order valence-corrected chi connectivity index (χ4v) is 6.41. The number of thiocarbonyl (C=S) groups is 1. The van der Waals surface area contributed by atoms with Crippen LogP contribution in [-0.4, -0.2) is 60.8 Å². The van der Waals surface area contributed by atoms with Crippen LogP contribution >= 0.6 is 70.7 Å². The lowest BCUT2D eigenvalue weighted by molar-refractivity contribution is -0.150. The van der Waals surface area contributed by atoms with Crippen molar-refractivity contribution in [3.05, 3.63) is 39.5 Å². The van der Waals surface area contributed by atoms with Crippen LogP contribution in [0, 0.1) is 0 Å². The minimum atomic E-state index is -1.19. The molecule has 4 N–H and O–H groups in total. The van der Waals surface area contributed by atoms with E-state index in [-0.39, 0.29) is 21.7 Å². The van der Waals surface area contributed by atoms with Crippen molar-refractivity contribution >= 4 is 92.8 Å². The second kappa shape index (κ2) is 10.0. The molecule has 7 nitrogen and oxygen atoms in total. The Labute approximate surface area is 200 Å². The minimum absolute atomic E-state index is 0.0404. The number of nitrogens with zero attached hydrogens (tertiary/aromatic N) is 1. The van der Waals surface area contributed by atoms with Gasteiger partial charge < -0.3 is 16.2 Å². The van der Waals surface area contributed by atoms with E-state index in [1.807, 2.05) is 0 Å². The molecule has 0 bridgehead atoms. The first kappa shape index (κ1) is 23.6. The summed E-state index contributed by atoms with van der Waals surface area (Å²) in [7, 11) is 0. The van der Waals surface area contributed by atoms with Gasteiger partial charge >= 0.3 is 5.97 Å². The maximum atomic E-state index is 12.6. The van der Waals surface area contributed by atoms with Crippen molar-refractivity contribution in [3.63, 3.8) is 0 Å². The highest BCUT2D eigenvalue weighted by Crippen LogP contribution is 2.41. The molecular formula is C17H15Cl2N3O4S4. The highest BCUT2D eigenvalue weighted by molar-refractivity contribution is 8.23. The number of β-lactam (4-membered cyclic amide) rings is 1. The summed E-state index contributed by atoms with van der Waals surface area (Å²) in [5, 5.41) is 12.8. The Kier molecular flexibility index (Phi) is 7.86. The van der Waals surface area contributed by atoms with E-state index in [0.29, 0.717) is 32.0 Å². The number of aliphatic carboxylic acids is 1. The molecule has 2 atom stereocenters. The average molecular weight is 524 g/mol. The van der Waals surface area contributed by atoms with Gasteiger partial charge in [0.2, 0.25) is 5.91 Å². The van der Waals surface area contributed by atoms with Crippen LogP contribution in [0.3, 0.4) is 0 Å². The quantitative estimate of drug-likeness (QED) is 0.282. The summed E-state index contributed by atoms with van der Waals surface area (Å²) in [6.45, 7) is 0. The van der Waals surface area contributed by atoms with Crippen molar-refractivity contribution in [2.75, 3.05) is 17.3 Å². The Hall–Kier alpha value is -1.11. The Morgan fingerprint density at radius 3 is 2.80 bits per heavy atom. The molecule has 0 spiro atoms. The normalized spacial score (nSPS) is 20.5. The van der Waals surface area contributed by atoms with Crippen molar-refractivity contribution in [1.82, 2.24) is 10.2 Å². The molecule has 0 aromatic heterocycles. The molecule has 0 radical (unpaired) electrons. The fraction of sp³-hybridized carbons (Fsp3) is 0.294. The van der Waals surface area contributed by atoms with Crippen molar-refractivity contribution in [2.24, 2.45) is 5.73 Å². The van der Waals surface area contributed by atoms with E-state index >= 15 is 0 Å². The van der Waals surface area contributed by atoms with Gasteiger partial charge in [-0.1, -0.05) is 47.2 Å². The van der Waals surface area contributed by atoms with E-state index in [2.05, 4.69) is 5.32 Å². The van der Waals surface area contributed by atoms with E-state index in [0.717, 1.165) is 11.8 Å². The summed E-state index contributed by atoms with van der Waals surface area (Å²) in [5.74, 6) is -1.26. The highest BCUT2D eigenvalue weighted by atomic mass is 35.5. The van der Waals surface area contributed by atoms with Crippen molar-refractivity contribution in [3.8, 4) is 0 Å². The van der Waals surface area contributed by atoms with E-state index in [9.17, 15) is 19.5 Å². The van der Waals surface area contributed by atoms with Gasteiger partial charge in [0, 0.05) is 21.4 Å². The number of fused-ring (bicyclic) bond motifs is 1. The number of hydrogen-bond acceptors (Lipinski definition) is 7. The van der Waals surface area contributed by atoms with Gasteiger partial charge in [0.25, 0.3) is 5.91 Å². The third kappa shape index (κ3) is 5.20. The Morgan fingerprint density at radius 2 is 2.13 bits per heavy atom. The Bertz CT molecular complexity index is 959. The lowest BCUT2D eigenvalue weighted by Crippen LogP contribution is -2.70. The number of rotatable bonds is 7. The number of hydrogen-bond donors (Lipinski definition) is 3. The monoisotopic (exact) mass is 523 g/mol. The van der Waals surface area contributed by atoms with Crippen molar-refractivity contribution in [1.29, 1.82) is 0 Å². The molecule has 13 heteroatoms. The first-order chi connectivity index (χ1) is 14.2. The maximum absolute atomic E-state index is 12.6. The average Bonchev–Trinajstić information content (AvgIpc) is 2.70. The number of carboxylic acid groups (broad SMARTS) is 1. The Balaban J connectivity index is 1.63. The molecule has 0 aliphatic carbocycles. The van der Waals surface area contributed by atoms with Crippen LogP contribution in [-0.2, 0) is 14.4 Å². The van der Waals surface area contributed by atoms with Gasteiger partial charge in [-0.25, -0.2) is 4.79 Å². The molecular weight excluding hydrogens is 509 g/mol. The van der Waals surface area contributed by atoms with E-state index < -0.39 is 23.3 Å². The standard InChI is InChI=1S/C17H15Cl2N3O4S4/c18-8-1-2-9(19)10(3-8)28-6-11(23)21-12-14(24)22-13(16(25)26)7(4-29-15(12)22)5-30-17(20)27/h1-3,12,15H,4-6H2,(H2,20,27)(H,21,23)(H,25,26)/t12?,15-/m0/s1. The van der Waals surface area contributed by atoms with E-state index in [1.54, 1.807) is 18.2 Å². The smallest absolute Gasteiger partial charge is 0.352 e. The molecule has 2 amide bonds. The van der Waals surface area contributed by atoms with Crippen LogP contribution in [0.2, 0.25) is 10.0 Å². The summed E-state index contributed by atoms with van der Waals surface area (Å²) >= 11 is 20.6. The fourth-order valence-electron chi connectivity index (χ4n) is 2.90. The number of carbonyl (C=O) groups excluding carboxylic acids is 2. The lowest BCUT2D eigenvalue weighted by atomic mass is 10.0. The van der Waals surface area contributed by atoms with Crippen molar-refractivity contribution in [2.45, 2.75) is 16.3 Å². The van der Waals surface area contributed by atoms with Gasteiger partial charge in [0.15, 0.2) is 0 Å². The zero-order valence-corrected chi connectivity index (χ0v) is 19.9. The predicted molar refractivity (Wildman–Crippen MR) is 126 cm³/mol. The molecule has 1 unspecified atom stereocenters. The highest BCUT2D eigenvalue weighted by Gasteiger charge is 2.54. The number of carboxylic acids is 1. The summed E-state index contributed by atoms with van der Waals surface area (Å²) in [5.41, 5.74) is 5.99. The minimum Gasteiger partial charge on any atom is -0.477 e. The second-order valence-corrected chi connectivity index (χ2v) is 10.9. The van der Waals surface area contributed by atoms with Gasteiger partial charge in [-0.15, -0.1) is 23.5 Å². The molecule has 0 saturated carbocycles. The molecule has 3 rings (SSSR count). The molecule has 1 saturated heterocycles. The molecule has 1 fully saturated rings. The molecule has 2 aliphatic heterocycles. The maximum Gasteiger partial charge on any atom is 0.352 e. The van der Waals surface area contributed by atoms with Crippen molar-refractivity contribution < 1.29 is 19.5 Å². The Morgan fingerprint density at radius 1 is 1.40 bits per heavy atom. The summed E-state index contributed by atoms with van der Waals surface area (Å²) in [6, 6.07) is 4.17. The molecule has 160 valence electrons. The molecule has 2 heterocycles. The summed E-state index contributed by atoms with van der Waals surface area (Å²) in [6.07, 6.45) is 0. The van der Waals surface area contributed by atoms with Gasteiger partial charge in [-0.2, -0.15) is 0 Å². The third-order valence-electron chi connectivity index (χ3n) is 4.21. The van der Waals surface area contributed by atoms with Crippen LogP contribution < -0.4 is 11.1 Å². The van der Waals surface area contributed by atoms with Crippen LogP contribution in [0.4, 0.5) is 0 Å². The van der Waals surface area contributed by atoms with Gasteiger partial charge in [-0.05, 0) is 23.8 Å². The summed E-state index contributed by atoms with van der Waals surface area (Å²) in [4.78, 5) is 38.6. The SMILES string of the molecule is NC(=S)SCC1=C(C(=O)O)N2C(=O)C(NC(=O)CSc3cc(Cl)ccc3Cl)[C@@H]2SC1. The molecule has 1 aromatic rings. The molecule has 2 aliphatic rings. The van der Waals surface area contributed by atoms with Gasteiger partial charge in [0.05, 0.1) is 10.8 Å². The molecule has 1 aromatic carbocycles. The number of benzene rings is 1. The molecule has 30 heavy (non-hydrogen) atoms. The third-order valence-corrected chi connectivity index (χ3v) is 8.41. The number of amides is 2.